The summed E-state index contributed by atoms with van der Waals surface area (Å²) in [4.78, 5) is 32.4. The van der Waals surface area contributed by atoms with Crippen molar-refractivity contribution in [2.24, 2.45) is 0 Å². The number of sulfone groups is 1. The molecule has 8 nitrogen and oxygen atoms in total. The van der Waals surface area contributed by atoms with Gasteiger partial charge in [-0.05, 0) is 30.7 Å². The molecule has 0 saturated carbocycles. The van der Waals surface area contributed by atoms with Crippen molar-refractivity contribution in [3.05, 3.63) is 90.0 Å². The number of fused-ring (bicyclic) bond motifs is 1. The van der Waals surface area contributed by atoms with E-state index >= 15 is 0 Å². The SMILES string of the molecule is CC(=O)c1ccccc1S(=O)(=O)c1ccc(CNC(=O)c2cnc3nccn3c2)cc1. The number of carbonyl (C=O) groups excluding carboxylic acids is 2. The van der Waals surface area contributed by atoms with Crippen LogP contribution in [0.1, 0.15) is 33.2 Å². The standard InChI is InChI=1S/C22H18N4O4S/c1-15(27)19-4-2-3-5-20(19)31(29,30)18-8-6-16(7-9-18)12-24-21(28)17-13-25-22-23-10-11-26(22)14-17/h2-11,13-14H,12H2,1H3,(H,24,28). The maximum atomic E-state index is 13.0. The van der Waals surface area contributed by atoms with Gasteiger partial charge < -0.3 is 5.32 Å². The highest BCUT2D eigenvalue weighted by Crippen LogP contribution is 2.24. The molecule has 0 saturated heterocycles. The molecule has 0 spiro atoms. The largest absolute Gasteiger partial charge is 0.348 e. The third kappa shape index (κ3) is 4.08. The fourth-order valence-corrected chi connectivity index (χ4v) is 4.63. The van der Waals surface area contributed by atoms with Crippen LogP contribution in [0.5, 0.6) is 0 Å². The maximum Gasteiger partial charge on any atom is 0.254 e. The first-order valence-electron chi connectivity index (χ1n) is 9.37. The number of hydrogen-bond donors (Lipinski definition) is 1. The number of amides is 1. The van der Waals surface area contributed by atoms with E-state index in [4.69, 9.17) is 0 Å². The van der Waals surface area contributed by atoms with E-state index in [1.807, 2.05) is 0 Å². The molecule has 2 aromatic heterocycles. The molecule has 31 heavy (non-hydrogen) atoms. The summed E-state index contributed by atoms with van der Waals surface area (Å²) in [6, 6.07) is 12.3. The monoisotopic (exact) mass is 434 g/mol. The Morgan fingerprint density at radius 1 is 1.03 bits per heavy atom. The van der Waals surface area contributed by atoms with Gasteiger partial charge in [-0.15, -0.1) is 0 Å². The first-order chi connectivity index (χ1) is 14.9. The second-order valence-corrected chi connectivity index (χ2v) is 8.78. The second kappa shape index (κ2) is 8.11. The van der Waals surface area contributed by atoms with Gasteiger partial charge in [-0.2, -0.15) is 0 Å². The summed E-state index contributed by atoms with van der Waals surface area (Å²) in [5, 5.41) is 2.78. The van der Waals surface area contributed by atoms with Crippen LogP contribution in [-0.2, 0) is 16.4 Å². The number of Topliss-reactive ketones (excluding diaryl/α,β-unsaturated/α-hetero) is 1. The number of rotatable bonds is 6. The molecule has 0 aliphatic carbocycles. The van der Waals surface area contributed by atoms with Crippen molar-refractivity contribution in [1.82, 2.24) is 19.7 Å². The van der Waals surface area contributed by atoms with Crippen molar-refractivity contribution in [2.45, 2.75) is 23.3 Å². The maximum absolute atomic E-state index is 13.0. The molecule has 0 aliphatic heterocycles. The highest BCUT2D eigenvalue weighted by molar-refractivity contribution is 7.91. The zero-order chi connectivity index (χ0) is 22.0. The van der Waals surface area contributed by atoms with Gasteiger partial charge in [0, 0.05) is 36.9 Å². The van der Waals surface area contributed by atoms with Crippen LogP contribution in [0, 0.1) is 0 Å². The van der Waals surface area contributed by atoms with Crippen LogP contribution in [-0.4, -0.2) is 34.5 Å². The Morgan fingerprint density at radius 3 is 2.52 bits per heavy atom. The summed E-state index contributed by atoms with van der Waals surface area (Å²) >= 11 is 0. The number of aromatic nitrogens is 3. The molecule has 9 heteroatoms. The summed E-state index contributed by atoms with van der Waals surface area (Å²) in [5.41, 5.74) is 1.26. The lowest BCUT2D eigenvalue weighted by atomic mass is 10.1. The van der Waals surface area contributed by atoms with Crippen LogP contribution in [0.15, 0.2) is 83.1 Å². The summed E-state index contributed by atoms with van der Waals surface area (Å²) in [6.45, 7) is 1.55. The van der Waals surface area contributed by atoms with Gasteiger partial charge in [0.2, 0.25) is 15.6 Å². The topological polar surface area (TPSA) is 110 Å². The van der Waals surface area contributed by atoms with Crippen molar-refractivity contribution < 1.29 is 18.0 Å². The van der Waals surface area contributed by atoms with E-state index in [0.717, 1.165) is 5.56 Å². The first-order valence-corrected chi connectivity index (χ1v) is 10.9. The van der Waals surface area contributed by atoms with E-state index in [9.17, 15) is 18.0 Å². The van der Waals surface area contributed by atoms with E-state index in [0.29, 0.717) is 11.3 Å². The molecular formula is C22H18N4O4S. The lowest BCUT2D eigenvalue weighted by Crippen LogP contribution is -2.23. The van der Waals surface area contributed by atoms with E-state index < -0.39 is 9.84 Å². The van der Waals surface area contributed by atoms with Gasteiger partial charge in [-0.25, -0.2) is 18.4 Å². The Kier molecular flexibility index (Phi) is 5.35. The third-order valence-corrected chi connectivity index (χ3v) is 6.58. The van der Waals surface area contributed by atoms with Crippen molar-refractivity contribution in [1.29, 1.82) is 0 Å². The summed E-state index contributed by atoms with van der Waals surface area (Å²) in [5.74, 6) is -0.128. The van der Waals surface area contributed by atoms with Crippen molar-refractivity contribution in [3.63, 3.8) is 0 Å². The number of imidazole rings is 1. The molecule has 1 amide bonds. The van der Waals surface area contributed by atoms with Crippen LogP contribution in [0.2, 0.25) is 0 Å². The second-order valence-electron chi connectivity index (χ2n) is 6.86. The quantitative estimate of drug-likeness (QED) is 0.467. The molecule has 0 fully saturated rings. The molecular weight excluding hydrogens is 416 g/mol. The van der Waals surface area contributed by atoms with Crippen molar-refractivity contribution in [2.75, 3.05) is 0 Å². The summed E-state index contributed by atoms with van der Waals surface area (Å²) in [7, 11) is -3.85. The van der Waals surface area contributed by atoms with Gasteiger partial charge >= 0.3 is 0 Å². The van der Waals surface area contributed by atoms with E-state index in [1.54, 1.807) is 47.3 Å². The fourth-order valence-electron chi connectivity index (χ4n) is 3.12. The van der Waals surface area contributed by atoms with Crippen LogP contribution in [0.3, 0.4) is 0 Å². The van der Waals surface area contributed by atoms with E-state index in [1.165, 1.54) is 37.4 Å². The number of nitrogens with one attached hydrogen (secondary N) is 1. The summed E-state index contributed by atoms with van der Waals surface area (Å²) in [6.07, 6.45) is 6.36. The van der Waals surface area contributed by atoms with Crippen LogP contribution >= 0.6 is 0 Å². The first kappa shape index (κ1) is 20.4. The molecule has 0 atom stereocenters. The average Bonchev–Trinajstić information content (AvgIpc) is 3.25. The summed E-state index contributed by atoms with van der Waals surface area (Å²) < 4.78 is 27.6. The minimum Gasteiger partial charge on any atom is -0.348 e. The smallest absolute Gasteiger partial charge is 0.254 e. The van der Waals surface area contributed by atoms with Gasteiger partial charge in [0.25, 0.3) is 5.91 Å². The molecule has 0 bridgehead atoms. The van der Waals surface area contributed by atoms with Crippen molar-refractivity contribution in [3.8, 4) is 0 Å². The molecule has 4 rings (SSSR count). The minimum absolute atomic E-state index is 0.0223. The zero-order valence-corrected chi connectivity index (χ0v) is 17.3. The Balaban J connectivity index is 1.49. The Labute approximate surface area is 178 Å². The number of ketones is 1. The highest BCUT2D eigenvalue weighted by Gasteiger charge is 2.22. The van der Waals surface area contributed by atoms with Gasteiger partial charge in [0.15, 0.2) is 5.78 Å². The normalized spacial score (nSPS) is 11.4. The zero-order valence-electron chi connectivity index (χ0n) is 16.5. The van der Waals surface area contributed by atoms with Gasteiger partial charge in [0.1, 0.15) is 0 Å². The van der Waals surface area contributed by atoms with Crippen LogP contribution in [0.4, 0.5) is 0 Å². The van der Waals surface area contributed by atoms with Gasteiger partial charge in [-0.3, -0.25) is 14.0 Å². The predicted molar refractivity (Wildman–Crippen MR) is 112 cm³/mol. The molecule has 4 aromatic rings. The number of carbonyl (C=O) groups is 2. The number of benzene rings is 2. The lowest BCUT2D eigenvalue weighted by Gasteiger charge is -2.10. The number of hydrogen-bond acceptors (Lipinski definition) is 6. The lowest BCUT2D eigenvalue weighted by molar-refractivity contribution is 0.0949. The van der Waals surface area contributed by atoms with Crippen molar-refractivity contribution >= 4 is 27.3 Å². The molecule has 0 radical (unpaired) electrons. The van der Waals surface area contributed by atoms with Crippen LogP contribution in [0.25, 0.3) is 5.78 Å². The van der Waals surface area contributed by atoms with E-state index in [-0.39, 0.29) is 33.6 Å². The molecule has 156 valence electrons. The van der Waals surface area contributed by atoms with Gasteiger partial charge in [0.05, 0.1) is 15.4 Å². The predicted octanol–water partition coefficient (Wildman–Crippen LogP) is 2.69. The molecule has 2 aromatic carbocycles. The van der Waals surface area contributed by atoms with Crippen LogP contribution < -0.4 is 5.32 Å². The average molecular weight is 434 g/mol. The Bertz CT molecular complexity index is 1390. The van der Waals surface area contributed by atoms with Gasteiger partial charge in [-0.1, -0.05) is 30.3 Å². The molecule has 2 heterocycles. The highest BCUT2D eigenvalue weighted by atomic mass is 32.2. The molecule has 1 N–H and O–H groups in total. The Hall–Kier alpha value is -3.85. The minimum atomic E-state index is -3.85. The van der Waals surface area contributed by atoms with E-state index in [2.05, 4.69) is 15.3 Å². The third-order valence-electron chi connectivity index (χ3n) is 4.75. The number of nitrogens with zero attached hydrogens (tertiary/aromatic N) is 3. The fraction of sp³-hybridized carbons (Fsp3) is 0.0909. The molecule has 0 aliphatic rings. The Morgan fingerprint density at radius 2 is 1.77 bits per heavy atom. The molecule has 0 unspecified atom stereocenters.